The highest BCUT2D eigenvalue weighted by atomic mass is 127. The third-order valence-corrected chi connectivity index (χ3v) is 4.81. The monoisotopic (exact) mass is 383 g/mol. The van der Waals surface area contributed by atoms with Gasteiger partial charge in [0.15, 0.2) is 0 Å². The van der Waals surface area contributed by atoms with Gasteiger partial charge in [-0.05, 0) is 67.5 Å². The molecule has 1 aromatic heterocycles. The zero-order chi connectivity index (χ0) is 14.9. The molecule has 0 atom stereocenters. The second-order valence-corrected chi connectivity index (χ2v) is 6.09. The van der Waals surface area contributed by atoms with Crippen LogP contribution in [0.2, 0.25) is 0 Å². The van der Waals surface area contributed by atoms with Crippen LogP contribution in [0.25, 0.3) is 0 Å². The molecule has 0 aliphatic heterocycles. The highest BCUT2D eigenvalue weighted by molar-refractivity contribution is 14.1. The predicted molar refractivity (Wildman–Crippen MR) is 89.0 cm³/mol. The van der Waals surface area contributed by atoms with Crippen molar-refractivity contribution in [2.24, 2.45) is 0 Å². The van der Waals surface area contributed by atoms with Gasteiger partial charge in [0, 0.05) is 11.4 Å². The van der Waals surface area contributed by atoms with Crippen molar-refractivity contribution in [1.82, 2.24) is 9.78 Å². The van der Waals surface area contributed by atoms with Crippen molar-refractivity contribution in [3.63, 3.8) is 0 Å². The van der Waals surface area contributed by atoms with Gasteiger partial charge >= 0.3 is 0 Å². The summed E-state index contributed by atoms with van der Waals surface area (Å²) in [5.41, 5.74) is 5.05. The fraction of sp³-hybridized carbons (Fsp3) is 0.333. The lowest BCUT2D eigenvalue weighted by atomic mass is 10.1. The van der Waals surface area contributed by atoms with Gasteiger partial charge in [0.1, 0.15) is 6.54 Å². The molecule has 0 radical (unpaired) electrons. The minimum Gasteiger partial charge on any atom is -0.324 e. The summed E-state index contributed by atoms with van der Waals surface area (Å²) in [4.78, 5) is 12.1. The van der Waals surface area contributed by atoms with Crippen molar-refractivity contribution < 1.29 is 4.79 Å². The normalized spacial score (nSPS) is 10.7. The highest BCUT2D eigenvalue weighted by Gasteiger charge is 2.12. The Morgan fingerprint density at radius 2 is 2.00 bits per heavy atom. The van der Waals surface area contributed by atoms with Crippen LogP contribution >= 0.6 is 22.6 Å². The molecule has 20 heavy (non-hydrogen) atoms. The number of hydrogen-bond acceptors (Lipinski definition) is 2. The Balaban J connectivity index is 2.13. The molecule has 1 aromatic carbocycles. The zero-order valence-corrected chi connectivity index (χ0v) is 14.3. The molecular weight excluding hydrogens is 365 g/mol. The van der Waals surface area contributed by atoms with Gasteiger partial charge < -0.3 is 5.32 Å². The number of aromatic nitrogens is 2. The van der Waals surface area contributed by atoms with Gasteiger partial charge in [-0.25, -0.2) is 0 Å². The smallest absolute Gasteiger partial charge is 0.246 e. The van der Waals surface area contributed by atoms with Crippen LogP contribution < -0.4 is 5.32 Å². The third-order valence-electron chi connectivity index (χ3n) is 3.25. The van der Waals surface area contributed by atoms with Gasteiger partial charge in [0.2, 0.25) is 5.91 Å². The summed E-state index contributed by atoms with van der Waals surface area (Å²) in [6.07, 6.45) is 0. The number of rotatable bonds is 3. The molecule has 1 heterocycles. The van der Waals surface area contributed by atoms with Crippen molar-refractivity contribution >= 4 is 34.2 Å². The van der Waals surface area contributed by atoms with Crippen molar-refractivity contribution in [3.05, 3.63) is 44.3 Å². The van der Waals surface area contributed by atoms with Gasteiger partial charge in [-0.15, -0.1) is 0 Å². The highest BCUT2D eigenvalue weighted by Crippen LogP contribution is 2.17. The Morgan fingerprint density at radius 1 is 1.30 bits per heavy atom. The second-order valence-electron chi connectivity index (χ2n) is 5.01. The largest absolute Gasteiger partial charge is 0.324 e. The van der Waals surface area contributed by atoms with E-state index in [-0.39, 0.29) is 12.5 Å². The maximum absolute atomic E-state index is 12.1. The summed E-state index contributed by atoms with van der Waals surface area (Å²) in [7, 11) is 0. The molecule has 0 bridgehead atoms. The molecule has 0 aliphatic rings. The van der Waals surface area contributed by atoms with Crippen LogP contribution in [-0.4, -0.2) is 15.7 Å². The number of carbonyl (C=O) groups is 1. The Hall–Kier alpha value is -1.37. The van der Waals surface area contributed by atoms with Crippen LogP contribution in [-0.2, 0) is 11.3 Å². The molecule has 2 rings (SSSR count). The average molecular weight is 383 g/mol. The number of carbonyl (C=O) groups excluding carboxylic acids is 1. The van der Waals surface area contributed by atoms with Crippen LogP contribution in [0, 0.1) is 31.3 Å². The minimum atomic E-state index is -0.0549. The molecule has 1 N–H and O–H groups in total. The van der Waals surface area contributed by atoms with Gasteiger partial charge in [-0.1, -0.05) is 12.1 Å². The summed E-state index contributed by atoms with van der Waals surface area (Å²) in [5, 5.41) is 7.33. The summed E-state index contributed by atoms with van der Waals surface area (Å²) in [6.45, 7) is 8.17. The van der Waals surface area contributed by atoms with Gasteiger partial charge in [0.25, 0.3) is 0 Å². The predicted octanol–water partition coefficient (Wildman–Crippen LogP) is 3.36. The summed E-state index contributed by atoms with van der Waals surface area (Å²) >= 11 is 2.25. The molecule has 0 aliphatic carbocycles. The summed E-state index contributed by atoms with van der Waals surface area (Å²) < 4.78 is 2.86. The van der Waals surface area contributed by atoms with Crippen LogP contribution in [0.3, 0.4) is 0 Å². The number of aryl methyl sites for hydroxylation is 3. The maximum Gasteiger partial charge on any atom is 0.246 e. The molecule has 106 valence electrons. The van der Waals surface area contributed by atoms with Crippen LogP contribution in [0.5, 0.6) is 0 Å². The molecule has 4 nitrogen and oxygen atoms in total. The van der Waals surface area contributed by atoms with Crippen LogP contribution in [0.4, 0.5) is 5.69 Å². The van der Waals surface area contributed by atoms with Crippen molar-refractivity contribution in [2.45, 2.75) is 34.2 Å². The minimum absolute atomic E-state index is 0.0549. The molecule has 0 saturated heterocycles. The van der Waals surface area contributed by atoms with E-state index in [1.165, 1.54) is 0 Å². The first kappa shape index (κ1) is 15.0. The standard InChI is InChI=1S/C15H18IN3O/c1-9-5-6-10(2)13(7-9)17-14(20)8-19-12(4)15(16)11(3)18-19/h5-7H,8H2,1-4H3,(H,17,20). The lowest BCUT2D eigenvalue weighted by Gasteiger charge is -2.10. The van der Waals surface area contributed by atoms with Gasteiger partial charge in [0.05, 0.1) is 9.26 Å². The summed E-state index contributed by atoms with van der Waals surface area (Å²) in [5.74, 6) is -0.0549. The molecule has 0 spiro atoms. The van der Waals surface area contributed by atoms with Gasteiger partial charge in [-0.3, -0.25) is 9.48 Å². The number of amides is 1. The maximum atomic E-state index is 12.1. The SMILES string of the molecule is Cc1ccc(C)c(NC(=O)Cn2nc(C)c(I)c2C)c1. The lowest BCUT2D eigenvalue weighted by Crippen LogP contribution is -2.20. The van der Waals surface area contributed by atoms with Crippen molar-refractivity contribution in [3.8, 4) is 0 Å². The first-order chi connectivity index (χ1) is 9.38. The Morgan fingerprint density at radius 3 is 2.60 bits per heavy atom. The fourth-order valence-electron chi connectivity index (χ4n) is 2.03. The number of nitrogens with zero attached hydrogens (tertiary/aromatic N) is 2. The third kappa shape index (κ3) is 3.20. The number of halogens is 1. The second kappa shape index (κ2) is 5.95. The van der Waals surface area contributed by atoms with Crippen LogP contribution in [0.1, 0.15) is 22.5 Å². The van der Waals surface area contributed by atoms with E-state index in [9.17, 15) is 4.79 Å². The van der Waals surface area contributed by atoms with Gasteiger partial charge in [-0.2, -0.15) is 5.10 Å². The quantitative estimate of drug-likeness (QED) is 0.827. The number of nitrogens with one attached hydrogen (secondary N) is 1. The molecule has 1 amide bonds. The molecule has 5 heteroatoms. The Kier molecular flexibility index (Phi) is 4.47. The lowest BCUT2D eigenvalue weighted by molar-refractivity contribution is -0.116. The first-order valence-electron chi connectivity index (χ1n) is 6.45. The van der Waals surface area contributed by atoms with E-state index in [0.717, 1.165) is 31.8 Å². The number of hydrogen-bond donors (Lipinski definition) is 1. The number of benzene rings is 1. The summed E-state index contributed by atoms with van der Waals surface area (Å²) in [6, 6.07) is 6.03. The fourth-order valence-corrected chi connectivity index (χ4v) is 2.41. The van der Waals surface area contributed by atoms with Crippen LogP contribution in [0.15, 0.2) is 18.2 Å². The Labute approximate surface area is 132 Å². The molecule has 0 saturated carbocycles. The van der Waals surface area contributed by atoms with Crippen molar-refractivity contribution in [2.75, 3.05) is 5.32 Å². The van der Waals surface area contributed by atoms with E-state index in [4.69, 9.17) is 0 Å². The molecular formula is C15H18IN3O. The number of anilines is 1. The molecule has 0 unspecified atom stereocenters. The van der Waals surface area contributed by atoms with E-state index in [1.54, 1.807) is 4.68 Å². The molecule has 2 aromatic rings. The van der Waals surface area contributed by atoms with Crippen molar-refractivity contribution in [1.29, 1.82) is 0 Å². The zero-order valence-electron chi connectivity index (χ0n) is 12.1. The van der Waals surface area contributed by atoms with E-state index in [1.807, 2.05) is 45.9 Å². The average Bonchev–Trinajstić information content (AvgIpc) is 2.61. The topological polar surface area (TPSA) is 46.9 Å². The Bertz CT molecular complexity index is 661. The van der Waals surface area contributed by atoms with E-state index in [0.29, 0.717) is 0 Å². The van der Waals surface area contributed by atoms with E-state index in [2.05, 4.69) is 33.0 Å². The van der Waals surface area contributed by atoms with E-state index < -0.39 is 0 Å². The first-order valence-corrected chi connectivity index (χ1v) is 7.53. The van der Waals surface area contributed by atoms with E-state index >= 15 is 0 Å². The molecule has 0 fully saturated rings.